The predicted molar refractivity (Wildman–Crippen MR) is 143 cm³/mol. The van der Waals surface area contributed by atoms with Gasteiger partial charge in [0.2, 0.25) is 5.91 Å². The number of amides is 2. The van der Waals surface area contributed by atoms with E-state index in [1.165, 1.54) is 4.90 Å². The fourth-order valence-electron chi connectivity index (χ4n) is 4.61. The minimum absolute atomic E-state index is 0.00419. The van der Waals surface area contributed by atoms with E-state index in [1.807, 2.05) is 25.7 Å². The fraction of sp³-hybridized carbons (Fsp3) is 0.600. The molecule has 0 bridgehead atoms. The third-order valence-electron chi connectivity index (χ3n) is 6.67. The van der Waals surface area contributed by atoms with Gasteiger partial charge in [0.25, 0.3) is 0 Å². The van der Waals surface area contributed by atoms with Crippen molar-refractivity contribution in [3.05, 3.63) is 40.4 Å². The van der Waals surface area contributed by atoms with Crippen LogP contribution in [0.1, 0.15) is 51.6 Å². The molecular weight excluding hydrogens is 525 g/mol. The number of benzene rings is 1. The minimum atomic E-state index is -1.37. The molecule has 0 spiro atoms. The molecule has 1 aromatic rings. The van der Waals surface area contributed by atoms with Crippen molar-refractivity contribution in [1.82, 2.24) is 14.5 Å². The first-order valence-electron chi connectivity index (χ1n) is 12.1. The summed E-state index contributed by atoms with van der Waals surface area (Å²) in [6, 6.07) is 3.09. The summed E-state index contributed by atoms with van der Waals surface area (Å²) in [5.74, 6) is 0.312. The van der Waals surface area contributed by atoms with Crippen LogP contribution in [0.2, 0.25) is 10.0 Å². The third-order valence-corrected chi connectivity index (χ3v) is 8.97. The molecule has 11 heteroatoms. The highest BCUT2D eigenvalue weighted by atomic mass is 35.5. The molecule has 3 rings (SSSR count). The van der Waals surface area contributed by atoms with Crippen molar-refractivity contribution in [2.45, 2.75) is 50.8 Å². The average molecular weight is 561 g/mol. The normalized spacial score (nSPS) is 20.8. The molecule has 2 saturated heterocycles. The van der Waals surface area contributed by atoms with Gasteiger partial charge >= 0.3 is 6.09 Å². The Hall–Kier alpha value is -1.81. The number of nitrogens with zero attached hydrogens (tertiary/aromatic N) is 2. The number of hydrogen-bond acceptors (Lipinski definition) is 4. The number of carbonyl (C=O) groups is 2. The number of carboxylic acid groups (broad SMARTS) is 1. The van der Waals surface area contributed by atoms with Crippen LogP contribution in [-0.2, 0) is 15.8 Å². The molecule has 200 valence electrons. The van der Waals surface area contributed by atoms with Crippen LogP contribution in [0, 0.1) is 11.8 Å². The smallest absolute Gasteiger partial charge is 0.407 e. The largest absolute Gasteiger partial charge is 0.489 e. The maximum absolute atomic E-state index is 13.2. The average Bonchev–Trinajstić information content (AvgIpc) is 3.33. The molecule has 0 aliphatic carbocycles. The summed E-state index contributed by atoms with van der Waals surface area (Å²) in [7, 11) is -1.37. The van der Waals surface area contributed by atoms with Gasteiger partial charge in [-0.05, 0) is 52.0 Å². The van der Waals surface area contributed by atoms with Crippen LogP contribution >= 0.6 is 23.2 Å². The van der Waals surface area contributed by atoms with Gasteiger partial charge in [0.05, 0.1) is 37.7 Å². The van der Waals surface area contributed by atoms with Crippen LogP contribution < -0.4 is 9.46 Å². The maximum atomic E-state index is 13.2. The summed E-state index contributed by atoms with van der Waals surface area (Å²) < 4.78 is 21.9. The molecule has 2 fully saturated rings. The number of rotatable bonds is 8. The van der Waals surface area contributed by atoms with Crippen molar-refractivity contribution < 1.29 is 23.6 Å². The van der Waals surface area contributed by atoms with Crippen molar-refractivity contribution in [3.63, 3.8) is 0 Å². The number of likely N-dealkylation sites (tertiary alicyclic amines) is 2. The number of hydrogen-bond donors (Lipinski definition) is 2. The minimum Gasteiger partial charge on any atom is -0.489 e. The number of halogens is 2. The van der Waals surface area contributed by atoms with Crippen molar-refractivity contribution in [2.75, 3.05) is 32.8 Å². The maximum Gasteiger partial charge on any atom is 0.407 e. The molecule has 36 heavy (non-hydrogen) atoms. The molecule has 3 atom stereocenters. The SMILES string of the molecule is C=CCOc1cc(Cl)c(Cl)cc1C(NS(=O)C(C)(C)C)C1CCN(C(=O)[C@@H]2CCN(C(=O)O)C2)CC1. The van der Waals surface area contributed by atoms with E-state index >= 15 is 0 Å². The Morgan fingerprint density at radius 3 is 2.36 bits per heavy atom. The molecule has 0 saturated carbocycles. The van der Waals surface area contributed by atoms with Crippen LogP contribution in [0.15, 0.2) is 24.8 Å². The third kappa shape index (κ3) is 6.94. The Morgan fingerprint density at radius 2 is 1.81 bits per heavy atom. The van der Waals surface area contributed by atoms with E-state index in [1.54, 1.807) is 18.2 Å². The molecular formula is C25H35Cl2N3O5S. The first-order valence-corrected chi connectivity index (χ1v) is 14.0. The van der Waals surface area contributed by atoms with Crippen LogP contribution in [0.5, 0.6) is 5.75 Å². The molecule has 2 aliphatic heterocycles. The number of nitrogens with one attached hydrogen (secondary N) is 1. The van der Waals surface area contributed by atoms with Gasteiger partial charge in [-0.2, -0.15) is 0 Å². The predicted octanol–water partition coefficient (Wildman–Crippen LogP) is 4.89. The Balaban J connectivity index is 1.81. The summed E-state index contributed by atoms with van der Waals surface area (Å²) in [5.41, 5.74) is 0.765. The lowest BCUT2D eigenvalue weighted by atomic mass is 9.85. The van der Waals surface area contributed by atoms with E-state index in [0.29, 0.717) is 54.7 Å². The zero-order valence-electron chi connectivity index (χ0n) is 21.0. The van der Waals surface area contributed by atoms with Gasteiger partial charge in [0.15, 0.2) is 0 Å². The van der Waals surface area contributed by atoms with Gasteiger partial charge in [0.1, 0.15) is 12.4 Å². The van der Waals surface area contributed by atoms with Gasteiger partial charge in [-0.25, -0.2) is 13.7 Å². The highest BCUT2D eigenvalue weighted by Gasteiger charge is 2.38. The van der Waals surface area contributed by atoms with Gasteiger partial charge in [-0.1, -0.05) is 35.9 Å². The van der Waals surface area contributed by atoms with E-state index in [-0.39, 0.29) is 36.9 Å². The molecule has 2 heterocycles. The topological polar surface area (TPSA) is 99.2 Å². The van der Waals surface area contributed by atoms with E-state index < -0.39 is 21.8 Å². The Kier molecular flexibility index (Phi) is 9.71. The molecule has 2 N–H and O–H groups in total. The lowest BCUT2D eigenvalue weighted by Gasteiger charge is -2.38. The highest BCUT2D eigenvalue weighted by Crippen LogP contribution is 2.40. The molecule has 0 radical (unpaired) electrons. The lowest BCUT2D eigenvalue weighted by molar-refractivity contribution is -0.136. The van der Waals surface area contributed by atoms with Crippen molar-refractivity contribution in [2.24, 2.45) is 11.8 Å². The Morgan fingerprint density at radius 1 is 1.19 bits per heavy atom. The standard InChI is InChI=1S/C25H35Cl2N3O5S/c1-5-12-35-21-14-20(27)19(26)13-18(21)22(28-36(34)25(2,3)4)16-6-9-29(10-7-16)23(31)17-8-11-30(15-17)24(32)33/h5,13-14,16-17,22,28H,1,6-12,15H2,2-4H3,(H,32,33)/t17-,22?,36?/m1/s1. The quantitative estimate of drug-likeness (QED) is 0.442. The molecule has 2 aliphatic rings. The number of carbonyl (C=O) groups excluding carboxylic acids is 1. The number of piperidine rings is 1. The molecule has 0 aromatic heterocycles. The van der Waals surface area contributed by atoms with Gasteiger partial charge in [0, 0.05) is 37.8 Å². The highest BCUT2D eigenvalue weighted by molar-refractivity contribution is 7.84. The van der Waals surface area contributed by atoms with E-state index in [9.17, 15) is 18.9 Å². The molecule has 2 unspecified atom stereocenters. The zero-order chi connectivity index (χ0) is 26.6. The lowest BCUT2D eigenvalue weighted by Crippen LogP contribution is -2.46. The molecule has 2 amide bonds. The second kappa shape index (κ2) is 12.2. The second-order valence-electron chi connectivity index (χ2n) is 10.3. The summed E-state index contributed by atoms with van der Waals surface area (Å²) in [6.07, 6.45) is 2.57. The van der Waals surface area contributed by atoms with Crippen molar-refractivity contribution >= 4 is 46.2 Å². The Bertz CT molecular complexity index is 1010. The molecule has 1 aromatic carbocycles. The van der Waals surface area contributed by atoms with Gasteiger partial charge < -0.3 is 19.6 Å². The molecule has 8 nitrogen and oxygen atoms in total. The monoisotopic (exact) mass is 559 g/mol. The van der Waals surface area contributed by atoms with E-state index in [4.69, 9.17) is 27.9 Å². The second-order valence-corrected chi connectivity index (χ2v) is 13.1. The first-order chi connectivity index (χ1) is 16.9. The summed E-state index contributed by atoms with van der Waals surface area (Å²) in [5, 5.41) is 9.95. The van der Waals surface area contributed by atoms with Crippen LogP contribution in [-0.4, -0.2) is 68.6 Å². The van der Waals surface area contributed by atoms with Crippen molar-refractivity contribution in [3.8, 4) is 5.75 Å². The van der Waals surface area contributed by atoms with E-state index in [0.717, 1.165) is 5.56 Å². The van der Waals surface area contributed by atoms with Crippen LogP contribution in [0.25, 0.3) is 0 Å². The van der Waals surface area contributed by atoms with Gasteiger partial charge in [-0.15, -0.1) is 0 Å². The summed E-state index contributed by atoms with van der Waals surface area (Å²) >= 11 is 12.7. The summed E-state index contributed by atoms with van der Waals surface area (Å²) in [4.78, 5) is 27.4. The van der Waals surface area contributed by atoms with Crippen molar-refractivity contribution in [1.29, 1.82) is 0 Å². The zero-order valence-corrected chi connectivity index (χ0v) is 23.3. The summed E-state index contributed by atoms with van der Waals surface area (Å²) in [6.45, 7) is 11.4. The van der Waals surface area contributed by atoms with Gasteiger partial charge in [-0.3, -0.25) is 4.79 Å². The first kappa shape index (κ1) is 28.8. The fourth-order valence-corrected chi connectivity index (χ4v) is 5.84. The Labute approximate surface area is 225 Å². The van der Waals surface area contributed by atoms with Crippen LogP contribution in [0.4, 0.5) is 4.79 Å². The number of ether oxygens (including phenoxy) is 1. The van der Waals surface area contributed by atoms with E-state index in [2.05, 4.69) is 11.3 Å². The van der Waals surface area contributed by atoms with Crippen LogP contribution in [0.3, 0.4) is 0 Å².